The van der Waals surface area contributed by atoms with Gasteiger partial charge in [-0.15, -0.1) is 0 Å². The van der Waals surface area contributed by atoms with Crippen LogP contribution < -0.4 is 14.4 Å². The molecule has 0 aliphatic heterocycles. The fraction of sp³-hybridized carbons (Fsp3) is 0.381. The zero-order chi connectivity index (χ0) is 20.9. The minimum absolute atomic E-state index is 0.330. The van der Waals surface area contributed by atoms with Crippen LogP contribution in [0.15, 0.2) is 42.5 Å². The number of aryl methyl sites for hydroxylation is 2. The molecule has 0 saturated carbocycles. The predicted molar refractivity (Wildman–Crippen MR) is 114 cm³/mol. The van der Waals surface area contributed by atoms with Gasteiger partial charge in [0.25, 0.3) is 0 Å². The van der Waals surface area contributed by atoms with E-state index in [9.17, 15) is 13.2 Å². The van der Waals surface area contributed by atoms with E-state index in [4.69, 9.17) is 4.74 Å². The van der Waals surface area contributed by atoms with Gasteiger partial charge in [-0.1, -0.05) is 19.1 Å². The van der Waals surface area contributed by atoms with E-state index in [1.807, 2.05) is 26.8 Å². The summed E-state index contributed by atoms with van der Waals surface area (Å²) in [7, 11) is -3.67. The van der Waals surface area contributed by atoms with Gasteiger partial charge in [-0.25, -0.2) is 8.42 Å². The lowest BCUT2D eigenvalue weighted by Crippen LogP contribution is -2.47. The van der Waals surface area contributed by atoms with Crippen LogP contribution in [-0.4, -0.2) is 33.2 Å². The van der Waals surface area contributed by atoms with Crippen LogP contribution in [0.5, 0.6) is 5.75 Å². The van der Waals surface area contributed by atoms with E-state index in [1.54, 1.807) is 43.3 Å². The van der Waals surface area contributed by atoms with Crippen LogP contribution in [0.3, 0.4) is 0 Å². The molecule has 1 atom stereocenters. The molecule has 0 saturated heterocycles. The molecule has 0 aromatic heterocycles. The fourth-order valence-corrected chi connectivity index (χ4v) is 4.18. The molecule has 0 spiro atoms. The molecule has 7 heteroatoms. The lowest BCUT2D eigenvalue weighted by atomic mass is 10.1. The van der Waals surface area contributed by atoms with E-state index in [-0.39, 0.29) is 5.91 Å². The Balaban J connectivity index is 2.36. The summed E-state index contributed by atoms with van der Waals surface area (Å²) in [6.45, 7) is 8.06. The molecule has 0 radical (unpaired) electrons. The largest absolute Gasteiger partial charge is 0.494 e. The van der Waals surface area contributed by atoms with Crippen molar-refractivity contribution >= 4 is 27.3 Å². The molecule has 0 unspecified atom stereocenters. The highest BCUT2D eigenvalue weighted by atomic mass is 32.2. The third-order valence-electron chi connectivity index (χ3n) is 4.49. The van der Waals surface area contributed by atoms with Gasteiger partial charge in [0.05, 0.1) is 18.6 Å². The van der Waals surface area contributed by atoms with Gasteiger partial charge in [0.1, 0.15) is 11.8 Å². The van der Waals surface area contributed by atoms with Crippen molar-refractivity contribution in [3.05, 3.63) is 53.6 Å². The molecule has 0 aliphatic rings. The molecule has 0 heterocycles. The third-order valence-corrected chi connectivity index (χ3v) is 5.67. The fourth-order valence-electron chi connectivity index (χ4n) is 2.98. The summed E-state index contributed by atoms with van der Waals surface area (Å²) in [6.07, 6.45) is 1.45. The average Bonchev–Trinajstić information content (AvgIpc) is 2.61. The minimum Gasteiger partial charge on any atom is -0.494 e. The Morgan fingerprint density at radius 3 is 2.39 bits per heavy atom. The molecular formula is C21H28N2O4S. The zero-order valence-corrected chi connectivity index (χ0v) is 17.8. The molecule has 6 nitrogen and oxygen atoms in total. The van der Waals surface area contributed by atoms with Gasteiger partial charge in [-0.05, 0) is 62.6 Å². The second-order valence-corrected chi connectivity index (χ2v) is 8.56. The van der Waals surface area contributed by atoms with Gasteiger partial charge in [-0.2, -0.15) is 0 Å². The van der Waals surface area contributed by atoms with E-state index < -0.39 is 16.1 Å². The zero-order valence-electron chi connectivity index (χ0n) is 17.0. The Bertz CT molecular complexity index is 941. The number of nitrogens with zero attached hydrogens (tertiary/aromatic N) is 1. The molecule has 152 valence electrons. The van der Waals surface area contributed by atoms with Crippen LogP contribution in [0, 0.1) is 13.8 Å². The smallest absolute Gasteiger partial charge is 0.248 e. The first-order valence-corrected chi connectivity index (χ1v) is 11.1. The van der Waals surface area contributed by atoms with Gasteiger partial charge in [0.2, 0.25) is 15.9 Å². The monoisotopic (exact) mass is 404 g/mol. The Morgan fingerprint density at radius 2 is 1.82 bits per heavy atom. The van der Waals surface area contributed by atoms with E-state index >= 15 is 0 Å². The van der Waals surface area contributed by atoms with Crippen molar-refractivity contribution in [2.45, 2.75) is 40.2 Å². The summed E-state index contributed by atoms with van der Waals surface area (Å²) in [5.41, 5.74) is 3.06. The number of carbonyl (C=O) groups excluding carboxylic acids is 1. The van der Waals surface area contributed by atoms with Crippen molar-refractivity contribution < 1.29 is 17.9 Å². The maximum absolute atomic E-state index is 13.0. The van der Waals surface area contributed by atoms with Crippen molar-refractivity contribution in [3.8, 4) is 5.75 Å². The van der Waals surface area contributed by atoms with Gasteiger partial charge in [-0.3, -0.25) is 9.10 Å². The molecule has 2 aromatic carbocycles. The number of anilines is 2. The van der Waals surface area contributed by atoms with Crippen LogP contribution in [-0.2, 0) is 14.8 Å². The second kappa shape index (κ2) is 9.10. The van der Waals surface area contributed by atoms with E-state index in [0.29, 0.717) is 30.2 Å². The Morgan fingerprint density at radius 1 is 1.11 bits per heavy atom. The van der Waals surface area contributed by atoms with Crippen LogP contribution >= 0.6 is 0 Å². The second-order valence-electron chi connectivity index (χ2n) is 6.70. The first-order valence-electron chi connectivity index (χ1n) is 9.27. The Hall–Kier alpha value is -2.54. The summed E-state index contributed by atoms with van der Waals surface area (Å²) in [4.78, 5) is 13.0. The molecule has 1 amide bonds. The first kappa shape index (κ1) is 21.8. The van der Waals surface area contributed by atoms with Gasteiger partial charge < -0.3 is 10.1 Å². The Kier molecular flexibility index (Phi) is 7.07. The number of nitrogens with one attached hydrogen (secondary N) is 1. The maximum Gasteiger partial charge on any atom is 0.248 e. The SMILES string of the molecule is CCOc1cccc(NC(=O)[C@H](CC)N(c2ccc(C)c(C)c2)S(C)(=O)=O)c1. The molecular weight excluding hydrogens is 376 g/mol. The van der Waals surface area contributed by atoms with Crippen molar-refractivity contribution in [2.24, 2.45) is 0 Å². The summed E-state index contributed by atoms with van der Waals surface area (Å²) in [5.74, 6) is 0.252. The molecule has 0 bridgehead atoms. The van der Waals surface area contributed by atoms with Crippen molar-refractivity contribution in [3.63, 3.8) is 0 Å². The normalized spacial score (nSPS) is 12.3. The van der Waals surface area contributed by atoms with E-state index in [2.05, 4.69) is 5.32 Å². The van der Waals surface area contributed by atoms with Gasteiger partial charge in [0.15, 0.2) is 0 Å². The molecule has 2 aromatic rings. The summed E-state index contributed by atoms with van der Waals surface area (Å²) >= 11 is 0. The van der Waals surface area contributed by atoms with Crippen molar-refractivity contribution in [1.82, 2.24) is 0 Å². The number of ether oxygens (including phenoxy) is 1. The highest BCUT2D eigenvalue weighted by Gasteiger charge is 2.31. The topological polar surface area (TPSA) is 75.7 Å². The Labute approximate surface area is 167 Å². The van der Waals surface area contributed by atoms with Crippen LogP contribution in [0.1, 0.15) is 31.4 Å². The third kappa shape index (κ3) is 5.25. The maximum atomic E-state index is 13.0. The van der Waals surface area contributed by atoms with Gasteiger partial charge >= 0.3 is 0 Å². The predicted octanol–water partition coefficient (Wildman–Crippen LogP) is 3.89. The standard InChI is InChI=1S/C21H28N2O4S/c1-6-20(21(24)22-17-9-8-10-19(14-17)27-7-2)23(28(5,25)26)18-12-11-15(3)16(4)13-18/h8-14,20H,6-7H2,1-5H3,(H,22,24)/t20-/m0/s1. The summed E-state index contributed by atoms with van der Waals surface area (Å²) in [5, 5.41) is 2.82. The first-order chi connectivity index (χ1) is 13.2. The van der Waals surface area contributed by atoms with Crippen LogP contribution in [0.25, 0.3) is 0 Å². The lowest BCUT2D eigenvalue weighted by molar-refractivity contribution is -0.117. The molecule has 0 aliphatic carbocycles. The molecule has 1 N–H and O–H groups in total. The van der Waals surface area contributed by atoms with E-state index in [0.717, 1.165) is 17.4 Å². The number of carbonyl (C=O) groups is 1. The molecule has 0 fully saturated rings. The van der Waals surface area contributed by atoms with Gasteiger partial charge in [0, 0.05) is 11.8 Å². The van der Waals surface area contributed by atoms with Crippen molar-refractivity contribution in [2.75, 3.05) is 22.5 Å². The minimum atomic E-state index is -3.67. The van der Waals surface area contributed by atoms with Crippen molar-refractivity contribution in [1.29, 1.82) is 0 Å². The lowest BCUT2D eigenvalue weighted by Gasteiger charge is -2.30. The average molecular weight is 405 g/mol. The number of amides is 1. The number of hydrogen-bond donors (Lipinski definition) is 1. The van der Waals surface area contributed by atoms with E-state index in [1.165, 1.54) is 4.31 Å². The number of rotatable bonds is 8. The summed E-state index contributed by atoms with van der Waals surface area (Å²) < 4.78 is 31.7. The van der Waals surface area contributed by atoms with Crippen LogP contribution in [0.2, 0.25) is 0 Å². The molecule has 28 heavy (non-hydrogen) atoms. The highest BCUT2D eigenvalue weighted by Crippen LogP contribution is 2.26. The quantitative estimate of drug-likeness (QED) is 0.724. The number of benzene rings is 2. The molecule has 2 rings (SSSR count). The van der Waals surface area contributed by atoms with Crippen LogP contribution in [0.4, 0.5) is 11.4 Å². The number of hydrogen-bond acceptors (Lipinski definition) is 4. The highest BCUT2D eigenvalue weighted by molar-refractivity contribution is 7.92. The summed E-state index contributed by atoms with van der Waals surface area (Å²) in [6, 6.07) is 11.6. The number of sulfonamides is 1.